The first kappa shape index (κ1) is 42.9. The van der Waals surface area contributed by atoms with E-state index in [1.807, 2.05) is 19.1 Å². The molecule has 4 aliphatic rings. The van der Waals surface area contributed by atoms with Gasteiger partial charge in [-0.3, -0.25) is 19.1 Å². The summed E-state index contributed by atoms with van der Waals surface area (Å²) in [5.74, 6) is -3.82. The van der Waals surface area contributed by atoms with Crippen LogP contribution in [0.25, 0.3) is 10.8 Å². The number of nitrogens with zero attached hydrogens (tertiary/aromatic N) is 2. The van der Waals surface area contributed by atoms with E-state index in [0.29, 0.717) is 51.3 Å². The van der Waals surface area contributed by atoms with E-state index in [2.05, 4.69) is 20.3 Å². The third-order valence-corrected chi connectivity index (χ3v) is 12.8. The summed E-state index contributed by atoms with van der Waals surface area (Å²) in [4.78, 5) is 61.5. The van der Waals surface area contributed by atoms with Gasteiger partial charge in [-0.05, 0) is 69.9 Å². The van der Waals surface area contributed by atoms with Gasteiger partial charge in [-0.1, -0.05) is 32.4 Å². The number of ether oxygens (including phenoxy) is 4. The molecule has 8 atom stereocenters. The topological polar surface area (TPSA) is 174 Å². The maximum Gasteiger partial charge on any atom is 0.427 e. The first-order valence-corrected chi connectivity index (χ1v) is 20.5. The number of fused-ring (bicyclic) bond motifs is 3. The number of carbonyl (C=O) groups excluding carboxylic acids is 4. The highest BCUT2D eigenvalue weighted by atomic mass is 32.2. The minimum atomic E-state index is -4.92. The molecule has 2 aromatic rings. The number of rotatable bonds is 9. The Bertz CT molecular complexity index is 2000. The lowest BCUT2D eigenvalue weighted by Gasteiger charge is -2.33. The summed E-state index contributed by atoms with van der Waals surface area (Å²) >= 11 is 0. The van der Waals surface area contributed by atoms with Crippen LogP contribution < -0.4 is 29.6 Å². The molecule has 1 aromatic heterocycles. The van der Waals surface area contributed by atoms with Gasteiger partial charge in [-0.25, -0.2) is 18.4 Å². The van der Waals surface area contributed by atoms with Crippen molar-refractivity contribution in [3.63, 3.8) is 0 Å². The minimum absolute atomic E-state index is 0.00731. The predicted octanol–water partition coefficient (Wildman–Crippen LogP) is 5.00. The van der Waals surface area contributed by atoms with Gasteiger partial charge in [0.1, 0.15) is 40.5 Å². The number of allylic oxidation sites excluding steroid dienone is 1. The summed E-state index contributed by atoms with van der Waals surface area (Å²) in [6.07, 6.45) is 0.749. The van der Waals surface area contributed by atoms with Gasteiger partial charge in [0.15, 0.2) is 11.6 Å². The van der Waals surface area contributed by atoms with Gasteiger partial charge < -0.3 is 34.5 Å². The lowest BCUT2D eigenvalue weighted by molar-refractivity contribution is -0.244. The van der Waals surface area contributed by atoms with Gasteiger partial charge in [0.2, 0.25) is 23.3 Å². The van der Waals surface area contributed by atoms with Gasteiger partial charge >= 0.3 is 12.3 Å². The molecular weight excluding hydrogens is 791 g/mol. The van der Waals surface area contributed by atoms with Gasteiger partial charge in [0.25, 0.3) is 5.91 Å². The van der Waals surface area contributed by atoms with Gasteiger partial charge in [-0.2, -0.15) is 13.2 Å². The van der Waals surface area contributed by atoms with Crippen LogP contribution in [0.15, 0.2) is 30.5 Å². The van der Waals surface area contributed by atoms with Crippen LogP contribution in [0.5, 0.6) is 17.4 Å². The van der Waals surface area contributed by atoms with Gasteiger partial charge in [0, 0.05) is 17.7 Å². The zero-order valence-electron chi connectivity index (χ0n) is 33.1. The highest BCUT2D eigenvalue weighted by Gasteiger charge is 2.62. The predicted molar refractivity (Wildman–Crippen MR) is 202 cm³/mol. The van der Waals surface area contributed by atoms with Crippen LogP contribution in [0.1, 0.15) is 72.6 Å². The van der Waals surface area contributed by atoms with Crippen molar-refractivity contribution in [1.82, 2.24) is 25.2 Å². The summed E-state index contributed by atoms with van der Waals surface area (Å²) < 4.78 is 93.2. The first-order valence-electron chi connectivity index (χ1n) is 19.2. The van der Waals surface area contributed by atoms with E-state index in [4.69, 9.17) is 18.9 Å². The second kappa shape index (κ2) is 16.5. The Morgan fingerprint density at radius 2 is 1.72 bits per heavy atom. The molecule has 19 heteroatoms. The Kier molecular flexibility index (Phi) is 12.2. The molecule has 0 spiro atoms. The van der Waals surface area contributed by atoms with Crippen molar-refractivity contribution in [2.45, 2.75) is 113 Å². The number of carbonyl (C=O) groups is 4. The number of pyridine rings is 1. The van der Waals surface area contributed by atoms with Crippen LogP contribution in [-0.4, -0.2) is 99.4 Å². The summed E-state index contributed by atoms with van der Waals surface area (Å²) in [5.41, 5.74) is -4.37. The van der Waals surface area contributed by atoms with E-state index in [-0.39, 0.29) is 53.3 Å². The fourth-order valence-electron chi connectivity index (χ4n) is 7.39. The molecule has 4 amide bonds. The van der Waals surface area contributed by atoms with E-state index in [1.54, 1.807) is 6.92 Å². The van der Waals surface area contributed by atoms with Crippen molar-refractivity contribution in [2.24, 2.45) is 17.8 Å². The van der Waals surface area contributed by atoms with Gasteiger partial charge in [-0.15, -0.1) is 0 Å². The molecule has 6 rings (SSSR count). The molecule has 2 aliphatic heterocycles. The van der Waals surface area contributed by atoms with Crippen molar-refractivity contribution in [3.8, 4) is 17.4 Å². The quantitative estimate of drug-likeness (QED) is 0.230. The van der Waals surface area contributed by atoms with Gasteiger partial charge in [0.05, 0.1) is 37.6 Å². The van der Waals surface area contributed by atoms with E-state index < -0.39 is 88.0 Å². The van der Waals surface area contributed by atoms with E-state index in [1.165, 1.54) is 26.5 Å². The standard InChI is InChI=1S/C39H49F4N5O9S/c1-20-8-7-9-21(2)31(45-36(52)57-37(3,4)39(41,42)43)34(50)48-19-23(56-33-26-15-27(40)29(54-5)16-25(26)30(55-6)18-44-33)14-28(48)32(49)46-38(17-22(38)11-10-20)35(51)47-58(53)24-12-13-24/h10-11,15-16,18,20-24,28,31H,7-9,12-14,17,19H2,1-6H3,(H,45,52)(H,46,49)(H,47,51)/b11-10-/t20-,21-,22-,23-,28+,31+,38-,58?/m1/s1. The fraction of sp³-hybridized carbons (Fsp3) is 0.615. The smallest absolute Gasteiger partial charge is 0.427 e. The third-order valence-electron chi connectivity index (χ3n) is 11.3. The van der Waals surface area contributed by atoms with Crippen molar-refractivity contribution in [2.75, 3.05) is 20.8 Å². The van der Waals surface area contributed by atoms with Crippen LogP contribution in [0, 0.1) is 23.6 Å². The molecule has 1 aromatic carbocycles. The molecule has 2 saturated carbocycles. The molecule has 3 heterocycles. The van der Waals surface area contributed by atoms with Crippen molar-refractivity contribution >= 4 is 45.6 Å². The number of hydrogen-bond acceptors (Lipinski definition) is 10. The Morgan fingerprint density at radius 1 is 1.02 bits per heavy atom. The summed E-state index contributed by atoms with van der Waals surface area (Å²) in [5, 5.41) is 5.63. The average Bonchev–Trinajstić information content (AvgIpc) is 4.08. The number of aromatic nitrogens is 1. The Hall–Kier alpha value is -4.68. The Balaban J connectivity index is 1.36. The molecule has 1 unspecified atom stereocenters. The maximum absolute atomic E-state index is 15.0. The number of alkyl halides is 3. The lowest BCUT2D eigenvalue weighted by Crippen LogP contribution is -2.59. The lowest BCUT2D eigenvalue weighted by atomic mass is 9.92. The second-order valence-electron chi connectivity index (χ2n) is 16.1. The molecule has 2 aliphatic carbocycles. The second-order valence-corrected chi connectivity index (χ2v) is 17.6. The molecule has 318 valence electrons. The number of benzene rings is 1. The minimum Gasteiger partial charge on any atom is -0.494 e. The molecule has 14 nitrogen and oxygen atoms in total. The molecule has 58 heavy (non-hydrogen) atoms. The van der Waals surface area contributed by atoms with Crippen LogP contribution in [-0.2, 0) is 30.1 Å². The van der Waals surface area contributed by atoms with E-state index in [9.17, 15) is 36.6 Å². The normalized spacial score (nSPS) is 29.1. The maximum atomic E-state index is 15.0. The van der Waals surface area contributed by atoms with Crippen LogP contribution in [0.2, 0.25) is 0 Å². The summed E-state index contributed by atoms with van der Waals surface area (Å²) in [7, 11) is 1.05. The first-order chi connectivity index (χ1) is 27.3. The summed E-state index contributed by atoms with van der Waals surface area (Å²) in [6.45, 7) is 4.72. The van der Waals surface area contributed by atoms with Crippen molar-refractivity contribution in [3.05, 3.63) is 36.3 Å². The Morgan fingerprint density at radius 3 is 2.38 bits per heavy atom. The number of nitrogens with one attached hydrogen (secondary N) is 3. The SMILES string of the molecule is COc1cc2c(OC)cnc(O[C@@H]3C[C@H]4C(=O)N[C@]5(C(=O)NS(=O)C6CC6)C[C@H]5/C=C\[C@H](C)CCC[C@@H](C)[C@H](NC(=O)OC(C)(C)C(F)(F)F)C(=O)N4C3)c2cc1F. The fourth-order valence-corrected chi connectivity index (χ4v) is 8.49. The zero-order chi connectivity index (χ0) is 42.3. The number of amides is 4. The molecule has 1 saturated heterocycles. The highest BCUT2D eigenvalue weighted by molar-refractivity contribution is 7.84. The van der Waals surface area contributed by atoms with Crippen LogP contribution >= 0.6 is 0 Å². The van der Waals surface area contributed by atoms with E-state index in [0.717, 1.165) is 11.0 Å². The molecular formula is C39H49F4N5O9S. The van der Waals surface area contributed by atoms with Crippen LogP contribution in [0.3, 0.4) is 0 Å². The summed E-state index contributed by atoms with van der Waals surface area (Å²) in [6, 6.07) is -0.219. The Labute approximate surface area is 335 Å². The van der Waals surface area contributed by atoms with Crippen molar-refractivity contribution in [1.29, 1.82) is 0 Å². The molecule has 0 radical (unpaired) electrons. The number of alkyl carbamates (subject to hydrolysis) is 1. The van der Waals surface area contributed by atoms with E-state index >= 15 is 4.39 Å². The average molecular weight is 840 g/mol. The molecule has 0 bridgehead atoms. The molecule has 3 N–H and O–H groups in total. The molecule has 3 fully saturated rings. The van der Waals surface area contributed by atoms with Crippen LogP contribution in [0.4, 0.5) is 22.4 Å². The monoisotopic (exact) mass is 839 g/mol. The number of hydrogen-bond donors (Lipinski definition) is 3. The highest BCUT2D eigenvalue weighted by Crippen LogP contribution is 2.46. The van der Waals surface area contributed by atoms with Crippen molar-refractivity contribution < 1.29 is 59.9 Å². The zero-order valence-corrected chi connectivity index (χ0v) is 33.9. The number of halogens is 4. The third kappa shape index (κ3) is 8.98. The number of methoxy groups -OCH3 is 2. The largest absolute Gasteiger partial charge is 0.494 e.